The van der Waals surface area contributed by atoms with E-state index in [4.69, 9.17) is 21.4 Å². The van der Waals surface area contributed by atoms with Gasteiger partial charge in [-0.25, -0.2) is 4.79 Å². The van der Waals surface area contributed by atoms with Crippen molar-refractivity contribution in [3.8, 4) is 17.6 Å². The number of urea groups is 1. The van der Waals surface area contributed by atoms with Crippen molar-refractivity contribution in [2.24, 2.45) is 0 Å². The molecule has 1 atom stereocenters. The fourth-order valence-corrected chi connectivity index (χ4v) is 3.12. The highest BCUT2D eigenvalue weighted by atomic mass is 35.5. The normalized spacial score (nSPS) is 21.0. The summed E-state index contributed by atoms with van der Waals surface area (Å²) in [6.45, 7) is 1.66. The third-order valence-electron chi connectivity index (χ3n) is 4.17. The molecule has 0 bridgehead atoms. The van der Waals surface area contributed by atoms with E-state index in [1.165, 1.54) is 11.0 Å². The third-order valence-corrected chi connectivity index (χ3v) is 4.46. The van der Waals surface area contributed by atoms with Crippen molar-refractivity contribution < 1.29 is 24.2 Å². The zero-order chi connectivity index (χ0) is 18.9. The van der Waals surface area contributed by atoms with E-state index in [0.717, 1.165) is 0 Å². The Labute approximate surface area is 154 Å². The summed E-state index contributed by atoms with van der Waals surface area (Å²) in [5.41, 5.74) is -0.0485. The Balaban J connectivity index is 1.76. The summed E-state index contributed by atoms with van der Waals surface area (Å²) in [6, 6.07) is 2.60. The molecule has 1 unspecified atom stereocenters. The van der Waals surface area contributed by atoms with Crippen LogP contribution in [0.1, 0.15) is 22.8 Å². The van der Waals surface area contributed by atoms with Gasteiger partial charge < -0.3 is 20.1 Å². The standard InChI is InChI=1S/C17H16ClN3O5/c1-17(15(24)19-16(25)20-17)9-21-8-10-6-13(26-5-3-2-4-22)12(18)7-11(10)14(21)23/h6-7,22H,4-5,8-9H2,1H3,(H2,19,20,24,25). The van der Waals surface area contributed by atoms with Gasteiger partial charge in [0.15, 0.2) is 0 Å². The summed E-state index contributed by atoms with van der Waals surface area (Å²) in [7, 11) is 0. The average Bonchev–Trinajstić information content (AvgIpc) is 3.00. The van der Waals surface area contributed by atoms with E-state index in [0.29, 0.717) is 16.9 Å². The molecule has 2 heterocycles. The minimum Gasteiger partial charge on any atom is -0.479 e. The SMILES string of the molecule is CC1(CN2Cc3cc(OCC#CCO)c(Cl)cc3C2=O)NC(=O)NC1=O. The lowest BCUT2D eigenvalue weighted by atomic mass is 10.0. The molecule has 3 N–H and O–H groups in total. The fraction of sp³-hybridized carbons (Fsp3) is 0.353. The number of fused-ring (bicyclic) bond motifs is 1. The molecule has 1 aromatic carbocycles. The predicted molar refractivity (Wildman–Crippen MR) is 91.6 cm³/mol. The molecule has 4 amide bonds. The van der Waals surface area contributed by atoms with E-state index in [1.54, 1.807) is 13.0 Å². The second kappa shape index (κ2) is 6.86. The van der Waals surface area contributed by atoms with Crippen LogP contribution in [0.25, 0.3) is 0 Å². The first-order chi connectivity index (χ1) is 12.3. The lowest BCUT2D eigenvalue weighted by molar-refractivity contribution is -0.123. The number of aliphatic hydroxyl groups is 1. The maximum Gasteiger partial charge on any atom is 0.322 e. The number of aliphatic hydroxyl groups excluding tert-OH is 1. The first-order valence-corrected chi connectivity index (χ1v) is 8.16. The van der Waals surface area contributed by atoms with E-state index in [2.05, 4.69) is 22.5 Å². The Kier molecular flexibility index (Phi) is 4.76. The van der Waals surface area contributed by atoms with E-state index in [9.17, 15) is 14.4 Å². The van der Waals surface area contributed by atoms with Crippen LogP contribution in [0.5, 0.6) is 5.75 Å². The average molecular weight is 378 g/mol. The van der Waals surface area contributed by atoms with Gasteiger partial charge in [0.1, 0.15) is 24.5 Å². The number of benzene rings is 1. The molecule has 2 aliphatic heterocycles. The quantitative estimate of drug-likeness (QED) is 0.515. The number of nitrogens with zero attached hydrogens (tertiary/aromatic N) is 1. The maximum atomic E-state index is 12.6. The molecule has 1 saturated heterocycles. The van der Waals surface area contributed by atoms with E-state index in [-0.39, 0.29) is 37.2 Å². The van der Waals surface area contributed by atoms with Crippen molar-refractivity contribution in [2.75, 3.05) is 19.8 Å². The molecule has 0 spiro atoms. The van der Waals surface area contributed by atoms with Crippen molar-refractivity contribution in [3.05, 3.63) is 28.3 Å². The van der Waals surface area contributed by atoms with Crippen LogP contribution in [0.2, 0.25) is 5.02 Å². The highest BCUT2D eigenvalue weighted by molar-refractivity contribution is 6.32. The second-order valence-corrected chi connectivity index (χ2v) is 6.55. The molecule has 26 heavy (non-hydrogen) atoms. The Hall–Kier alpha value is -2.76. The number of ether oxygens (including phenoxy) is 1. The summed E-state index contributed by atoms with van der Waals surface area (Å²) >= 11 is 6.16. The zero-order valence-corrected chi connectivity index (χ0v) is 14.6. The largest absolute Gasteiger partial charge is 0.479 e. The summed E-state index contributed by atoms with van der Waals surface area (Å²) in [5.74, 6) is 4.70. The molecule has 8 nitrogen and oxygen atoms in total. The van der Waals surface area contributed by atoms with Crippen LogP contribution >= 0.6 is 11.6 Å². The monoisotopic (exact) mass is 377 g/mol. The van der Waals surface area contributed by atoms with Gasteiger partial charge in [0.2, 0.25) is 0 Å². The Morgan fingerprint density at radius 1 is 1.35 bits per heavy atom. The van der Waals surface area contributed by atoms with Crippen LogP contribution in [0.3, 0.4) is 0 Å². The predicted octanol–water partition coefficient (Wildman–Crippen LogP) is 0.268. The van der Waals surface area contributed by atoms with Crippen molar-refractivity contribution in [1.29, 1.82) is 0 Å². The maximum absolute atomic E-state index is 12.6. The van der Waals surface area contributed by atoms with Crippen LogP contribution in [-0.4, -0.2) is 53.1 Å². The molecule has 136 valence electrons. The minimum absolute atomic E-state index is 0.0356. The molecule has 1 fully saturated rings. The molecule has 0 aromatic heterocycles. The van der Waals surface area contributed by atoms with Gasteiger partial charge in [-0.15, -0.1) is 0 Å². The topological polar surface area (TPSA) is 108 Å². The number of hydrogen-bond acceptors (Lipinski definition) is 5. The molecule has 0 radical (unpaired) electrons. The summed E-state index contributed by atoms with van der Waals surface area (Å²) < 4.78 is 5.45. The smallest absolute Gasteiger partial charge is 0.322 e. The number of hydrogen-bond donors (Lipinski definition) is 3. The molecule has 0 aliphatic carbocycles. The fourth-order valence-electron chi connectivity index (χ4n) is 2.90. The zero-order valence-electron chi connectivity index (χ0n) is 13.9. The first-order valence-electron chi connectivity index (χ1n) is 7.79. The van der Waals surface area contributed by atoms with Gasteiger partial charge in [0.05, 0.1) is 11.6 Å². The highest BCUT2D eigenvalue weighted by Gasteiger charge is 2.45. The Morgan fingerprint density at radius 3 is 2.77 bits per heavy atom. The van der Waals surface area contributed by atoms with E-state index in [1.807, 2.05) is 0 Å². The van der Waals surface area contributed by atoms with Gasteiger partial charge in [-0.1, -0.05) is 23.4 Å². The van der Waals surface area contributed by atoms with Gasteiger partial charge in [-0.3, -0.25) is 14.9 Å². The van der Waals surface area contributed by atoms with Crippen LogP contribution in [0, 0.1) is 11.8 Å². The van der Waals surface area contributed by atoms with Crippen LogP contribution in [-0.2, 0) is 11.3 Å². The molecule has 1 aromatic rings. The van der Waals surface area contributed by atoms with Gasteiger partial charge >= 0.3 is 6.03 Å². The van der Waals surface area contributed by atoms with Gasteiger partial charge in [0.25, 0.3) is 11.8 Å². The highest BCUT2D eigenvalue weighted by Crippen LogP contribution is 2.34. The van der Waals surface area contributed by atoms with Crippen molar-refractivity contribution in [1.82, 2.24) is 15.5 Å². The van der Waals surface area contributed by atoms with Crippen molar-refractivity contribution >= 4 is 29.4 Å². The number of imide groups is 1. The number of halogens is 1. The number of amides is 4. The molecular formula is C17H16ClN3O5. The van der Waals surface area contributed by atoms with Gasteiger partial charge in [0, 0.05) is 12.1 Å². The van der Waals surface area contributed by atoms with E-state index >= 15 is 0 Å². The van der Waals surface area contributed by atoms with Gasteiger partial charge in [-0.2, -0.15) is 0 Å². The Bertz CT molecular complexity index is 860. The third kappa shape index (κ3) is 3.31. The van der Waals surface area contributed by atoms with Crippen LogP contribution in [0.4, 0.5) is 4.79 Å². The molecular weight excluding hydrogens is 362 g/mol. The van der Waals surface area contributed by atoms with Crippen molar-refractivity contribution in [3.63, 3.8) is 0 Å². The van der Waals surface area contributed by atoms with Crippen LogP contribution in [0.15, 0.2) is 12.1 Å². The molecule has 9 heteroatoms. The second-order valence-electron chi connectivity index (χ2n) is 6.14. The lowest BCUT2D eigenvalue weighted by Gasteiger charge is -2.26. The number of rotatable bonds is 4. The minimum atomic E-state index is -1.18. The summed E-state index contributed by atoms with van der Waals surface area (Å²) in [5, 5.41) is 13.6. The molecule has 2 aliphatic rings. The number of carbonyl (C=O) groups is 3. The van der Waals surface area contributed by atoms with Gasteiger partial charge in [-0.05, 0) is 24.6 Å². The Morgan fingerprint density at radius 2 is 2.12 bits per heavy atom. The lowest BCUT2D eigenvalue weighted by Crippen LogP contribution is -2.52. The number of carbonyl (C=O) groups excluding carboxylic acids is 3. The molecule has 3 rings (SSSR count). The first kappa shape index (κ1) is 18.0. The molecule has 0 saturated carbocycles. The number of nitrogens with one attached hydrogen (secondary N) is 2. The van der Waals surface area contributed by atoms with Crippen LogP contribution < -0.4 is 15.4 Å². The van der Waals surface area contributed by atoms with Crippen molar-refractivity contribution in [2.45, 2.75) is 19.0 Å². The van der Waals surface area contributed by atoms with E-state index < -0.39 is 17.5 Å². The summed E-state index contributed by atoms with van der Waals surface area (Å²) in [4.78, 5) is 37.4. The summed E-state index contributed by atoms with van der Waals surface area (Å²) in [6.07, 6.45) is 0.